The van der Waals surface area contributed by atoms with Crippen molar-refractivity contribution in [1.82, 2.24) is 10.6 Å². The number of nitrogens with one attached hydrogen (secondary N) is 2. The van der Waals surface area contributed by atoms with E-state index in [0.717, 1.165) is 88.0 Å². The molecule has 0 aliphatic carbocycles. The van der Waals surface area contributed by atoms with Gasteiger partial charge in [-0.3, -0.25) is 0 Å². The van der Waals surface area contributed by atoms with E-state index in [1.54, 1.807) is 0 Å². The molecule has 3 aromatic rings. The van der Waals surface area contributed by atoms with Gasteiger partial charge in [-0.2, -0.15) is 5.41 Å². The van der Waals surface area contributed by atoms with Gasteiger partial charge >= 0.3 is 39.2 Å². The second-order valence-corrected chi connectivity index (χ2v) is 23.6. The van der Waals surface area contributed by atoms with Crippen LogP contribution in [0.25, 0.3) is 0 Å². The number of carbonyl (C=O) groups is 2. The molecule has 13 heteroatoms. The maximum atomic E-state index is 12.1. The molecule has 3 heterocycles. The van der Waals surface area contributed by atoms with E-state index in [9.17, 15) is 9.59 Å². The molecule has 0 radical (unpaired) electrons. The van der Waals surface area contributed by atoms with Crippen LogP contribution in [0, 0.1) is 26.7 Å². The number of hydrogen-bond acceptors (Lipinski definition) is 8. The molecule has 3 aliphatic rings. The van der Waals surface area contributed by atoms with E-state index in [-0.39, 0.29) is 41.1 Å². The first-order chi connectivity index (χ1) is 29.8. The van der Waals surface area contributed by atoms with Crippen LogP contribution in [0.2, 0.25) is 0 Å². The molecule has 10 nitrogen and oxygen atoms in total. The number of rotatable bonds is 4. The van der Waals surface area contributed by atoms with Crippen LogP contribution in [0.4, 0.5) is 9.59 Å². The molecule has 0 unspecified atom stereocenters. The second kappa shape index (κ2) is 25.5. The molecule has 360 valence electrons. The first-order valence-electron chi connectivity index (χ1n) is 22.6. The van der Waals surface area contributed by atoms with Gasteiger partial charge in [-0.15, -0.1) is 0 Å². The summed E-state index contributed by atoms with van der Waals surface area (Å²) in [6.07, 6.45) is 3.73. The van der Waals surface area contributed by atoms with Crippen molar-refractivity contribution in [3.63, 3.8) is 0 Å². The molecule has 3 atom stereocenters. The molecule has 3 aliphatic heterocycles. The number of benzene rings is 3. The molecule has 3 aromatic carbocycles. The summed E-state index contributed by atoms with van der Waals surface area (Å²) >= 11 is 3.10. The van der Waals surface area contributed by atoms with Gasteiger partial charge in [0.25, 0.3) is 0 Å². The van der Waals surface area contributed by atoms with E-state index in [0.29, 0.717) is 18.6 Å². The summed E-state index contributed by atoms with van der Waals surface area (Å²) in [5, 5.41) is 5.89. The van der Waals surface area contributed by atoms with Crippen molar-refractivity contribution in [1.29, 1.82) is 0 Å². The summed E-state index contributed by atoms with van der Waals surface area (Å²) in [6.45, 7) is 36.5. The number of alkyl carbamates (subject to hydrolysis) is 2. The third kappa shape index (κ3) is 24.2. The Labute approximate surface area is 420 Å². The summed E-state index contributed by atoms with van der Waals surface area (Å²) in [6, 6.07) is 18.7. The molecule has 6 rings (SSSR count). The first-order valence-corrected chi connectivity index (χ1v) is 27.6. The number of fused-ring (bicyclic) bond motifs is 3. The topological polar surface area (TPSA) is 130 Å². The van der Waals surface area contributed by atoms with E-state index in [1.165, 1.54) is 16.7 Å². The van der Waals surface area contributed by atoms with Crippen LogP contribution in [-0.2, 0) is 39.6 Å². The monoisotopic (exact) mass is 1080 g/mol. The fourth-order valence-corrected chi connectivity index (χ4v) is 7.44. The molecule has 65 heavy (non-hydrogen) atoms. The van der Waals surface area contributed by atoms with E-state index in [1.807, 2.05) is 65.8 Å². The average molecular weight is 1090 g/mol. The Hall–Kier alpha value is -2.80. The zero-order chi connectivity index (χ0) is 49.6. The van der Waals surface area contributed by atoms with Gasteiger partial charge in [0.2, 0.25) is 0 Å². The summed E-state index contributed by atoms with van der Waals surface area (Å²) in [5.74, 6) is 2.67. The third-order valence-electron chi connectivity index (χ3n) is 9.14. The van der Waals surface area contributed by atoms with Gasteiger partial charge < -0.3 is 47.0 Å². The van der Waals surface area contributed by atoms with Crippen molar-refractivity contribution < 1.29 is 50.6 Å². The maximum absolute atomic E-state index is 12.1. The van der Waals surface area contributed by atoms with Gasteiger partial charge in [-0.25, -0.2) is 9.59 Å². The van der Waals surface area contributed by atoms with E-state index in [4.69, 9.17) is 39.1 Å². The van der Waals surface area contributed by atoms with Crippen molar-refractivity contribution in [2.24, 2.45) is 22.0 Å². The predicted octanol–water partition coefficient (Wildman–Crippen LogP) is 13.9. The van der Waals surface area contributed by atoms with Crippen LogP contribution in [0.1, 0.15) is 169 Å². The van der Waals surface area contributed by atoms with E-state index < -0.39 is 11.2 Å². The van der Waals surface area contributed by atoms with Gasteiger partial charge in [0, 0.05) is 45.6 Å². The Morgan fingerprint density at radius 2 is 0.969 bits per heavy atom. The number of ether oxygens (including phenoxy) is 5. The number of nitrogens with two attached hydrogens (primary N) is 1. The Bertz CT molecular complexity index is 1960. The molecule has 0 fully saturated rings. The van der Waals surface area contributed by atoms with E-state index in [2.05, 4.69) is 133 Å². The SMILES string of the molecule is CC(C)(C)Cc1ccc2c(c1)[C@@H](N)CCO2.CC(C)(C)Cc1ccc2c(c1)[C@@H](NC(=O)OC(C)(C)C)CCO2.CC(C)(C)OC(=O)N[C@H]1CCOc2ccc(I)cc21.[CH2-]C(C)(C)C.[Cl][Zn+]. The normalized spacial score (nSPS) is 17.6. The van der Waals surface area contributed by atoms with Crippen molar-refractivity contribution in [3.05, 3.63) is 92.9 Å². The van der Waals surface area contributed by atoms with Crippen LogP contribution in [-0.4, -0.2) is 43.2 Å². The van der Waals surface area contributed by atoms with Crippen molar-refractivity contribution in [2.75, 3.05) is 19.8 Å². The molecular weight excluding hydrogens is 1010 g/mol. The van der Waals surface area contributed by atoms with Crippen LogP contribution in [0.15, 0.2) is 54.6 Å². The zero-order valence-corrected chi connectivity index (χ0v) is 48.1. The van der Waals surface area contributed by atoms with Gasteiger partial charge in [-0.1, -0.05) is 86.6 Å². The molecule has 2 amide bonds. The molecule has 0 bridgehead atoms. The minimum absolute atomic E-state index is 0.0479. The van der Waals surface area contributed by atoms with Crippen molar-refractivity contribution >= 4 is 44.5 Å². The quantitative estimate of drug-likeness (QED) is 0.134. The summed E-state index contributed by atoms with van der Waals surface area (Å²) in [7, 11) is 4.76. The molecule has 0 saturated carbocycles. The molecule has 0 aromatic heterocycles. The fourth-order valence-electron chi connectivity index (χ4n) is 6.92. The summed E-state index contributed by atoms with van der Waals surface area (Å²) in [5.41, 5.74) is 11.8. The number of hydrogen-bond donors (Lipinski definition) is 3. The van der Waals surface area contributed by atoms with Gasteiger partial charge in [0.15, 0.2) is 0 Å². The summed E-state index contributed by atoms with van der Waals surface area (Å²) in [4.78, 5) is 23.9. The minimum atomic E-state index is -0.494. The molecule has 4 N–H and O–H groups in total. The average Bonchev–Trinajstić information content (AvgIpc) is 3.14. The standard InChI is InChI=1S/C19H29NO3.C14H18INO3.C14H21NO.C5H11.ClH.Zn/c1-18(2,3)12-13-7-8-16-14(11-13)15(9-10-22-16)20-17(21)23-19(4,5)6;1-14(2,3)19-13(17)16-11-6-7-18-12-5-4-9(15)8-10(11)12;1-14(2,3)9-10-4-5-13-11(8-10)12(15)6-7-16-13;1-5(2,3)4;;/h7-8,11,15H,9-10,12H2,1-6H3,(H,20,21);4-5,8,11H,6-7H2,1-3H3,(H,16,17);4-5,8,12H,6-7,9,15H2,1-3H3;1H2,2-4H3;1H;/q;;;-1;;+2/p-1/t15-;11-;12-;;;/m000.../s1. The Kier molecular flexibility index (Phi) is 22.9. The Balaban J connectivity index is 0.000000316. The Morgan fingerprint density at radius 3 is 1.35 bits per heavy atom. The first kappa shape index (κ1) is 58.3. The van der Waals surface area contributed by atoms with Crippen LogP contribution >= 0.6 is 32.3 Å². The Morgan fingerprint density at radius 1 is 0.631 bits per heavy atom. The van der Waals surface area contributed by atoms with Gasteiger partial charge in [-0.05, 0) is 129 Å². The predicted molar refractivity (Wildman–Crippen MR) is 271 cm³/mol. The molecule has 0 saturated heterocycles. The van der Waals surface area contributed by atoms with Crippen molar-refractivity contribution in [3.8, 4) is 17.2 Å². The van der Waals surface area contributed by atoms with Crippen LogP contribution < -0.4 is 30.6 Å². The zero-order valence-electron chi connectivity index (χ0n) is 42.2. The molecular formula is C52H79ClIN3O7Zn. The number of amides is 2. The third-order valence-corrected chi connectivity index (χ3v) is 9.81. The van der Waals surface area contributed by atoms with Crippen LogP contribution in [0.3, 0.4) is 0 Å². The van der Waals surface area contributed by atoms with E-state index >= 15 is 0 Å². The van der Waals surface area contributed by atoms with Gasteiger partial charge in [0.1, 0.15) is 28.5 Å². The second-order valence-electron chi connectivity index (χ2n) is 22.4. The molecule has 0 spiro atoms. The van der Waals surface area contributed by atoms with Gasteiger partial charge in [0.05, 0.1) is 31.9 Å². The van der Waals surface area contributed by atoms with Crippen LogP contribution in [0.5, 0.6) is 17.2 Å². The number of carbonyl (C=O) groups excluding carboxylic acids is 2. The number of halogens is 2. The fraction of sp³-hybridized carbons (Fsp3) is 0.596. The summed E-state index contributed by atoms with van der Waals surface area (Å²) < 4.78 is 28.7. The van der Waals surface area contributed by atoms with Crippen molar-refractivity contribution in [2.45, 2.75) is 165 Å².